The highest BCUT2D eigenvalue weighted by Crippen LogP contribution is 2.36. The molecule has 0 radical (unpaired) electrons. The summed E-state index contributed by atoms with van der Waals surface area (Å²) in [4.78, 5) is 26.7. The third kappa shape index (κ3) is 3.74. The zero-order valence-corrected chi connectivity index (χ0v) is 17.4. The number of carbonyl (C=O) groups is 1. The number of aryl methyl sites for hydroxylation is 1. The SMILES string of the molecule is COc1c(C(=O)N(C2=CCCC=C2)C(O)(O)C(O)(O)O)c(=O)n(C)c2cccc(Cl)c12. The third-order valence-corrected chi connectivity index (χ3v) is 5.26. The van der Waals surface area contributed by atoms with Crippen molar-refractivity contribution in [2.75, 3.05) is 7.11 Å². The van der Waals surface area contributed by atoms with Crippen LogP contribution in [-0.4, -0.2) is 59.9 Å². The number of ether oxygens (including phenoxy) is 1. The molecule has 1 aromatic heterocycles. The summed E-state index contributed by atoms with van der Waals surface area (Å²) >= 11 is 6.27. The van der Waals surface area contributed by atoms with Gasteiger partial charge in [-0.3, -0.25) is 9.59 Å². The molecule has 2 aromatic rings. The van der Waals surface area contributed by atoms with Gasteiger partial charge in [-0.05, 0) is 31.1 Å². The third-order valence-electron chi connectivity index (χ3n) is 4.94. The summed E-state index contributed by atoms with van der Waals surface area (Å²) in [5, 5.41) is 49.7. The Balaban J connectivity index is 2.36. The van der Waals surface area contributed by atoms with Gasteiger partial charge in [-0.15, -0.1) is 0 Å². The number of nitrogens with zero attached hydrogens (tertiary/aromatic N) is 2. The topological polar surface area (TPSA) is 153 Å². The Morgan fingerprint density at radius 2 is 1.87 bits per heavy atom. The molecular formula is C20H21ClN2O8. The van der Waals surface area contributed by atoms with Gasteiger partial charge < -0.3 is 34.8 Å². The van der Waals surface area contributed by atoms with Gasteiger partial charge in [0.05, 0.1) is 23.0 Å². The second-order valence-electron chi connectivity index (χ2n) is 6.93. The van der Waals surface area contributed by atoms with Gasteiger partial charge >= 0.3 is 11.9 Å². The largest absolute Gasteiger partial charge is 0.495 e. The minimum Gasteiger partial charge on any atom is -0.495 e. The first-order chi connectivity index (χ1) is 14.4. The van der Waals surface area contributed by atoms with Gasteiger partial charge in [0.25, 0.3) is 11.5 Å². The van der Waals surface area contributed by atoms with E-state index in [2.05, 4.69) is 0 Å². The molecule has 1 aromatic carbocycles. The highest BCUT2D eigenvalue weighted by molar-refractivity contribution is 6.36. The fourth-order valence-electron chi connectivity index (χ4n) is 3.38. The molecule has 0 aliphatic heterocycles. The molecule has 0 saturated heterocycles. The molecule has 31 heavy (non-hydrogen) atoms. The molecule has 0 atom stereocenters. The molecule has 5 N–H and O–H groups in total. The first-order valence-corrected chi connectivity index (χ1v) is 9.49. The first-order valence-electron chi connectivity index (χ1n) is 9.11. The van der Waals surface area contributed by atoms with E-state index < -0.39 is 28.9 Å². The predicted octanol–water partition coefficient (Wildman–Crippen LogP) is 0.146. The standard InChI is InChI=1S/C20H21ClN2O8/c1-22-13-10-6-9-12(21)14(13)16(31-2)15(17(22)24)18(25)23(11-7-4-3-5-8-11)19(26,27)20(28,29)30/h4,6-10,26-30H,3,5H2,1-2H3. The lowest BCUT2D eigenvalue weighted by molar-refractivity contribution is -0.474. The van der Waals surface area contributed by atoms with E-state index in [-0.39, 0.29) is 26.8 Å². The Morgan fingerprint density at radius 3 is 2.42 bits per heavy atom. The Bertz CT molecular complexity index is 1160. The Labute approximate surface area is 181 Å². The number of pyridine rings is 1. The number of rotatable bonds is 5. The van der Waals surface area contributed by atoms with Gasteiger partial charge in [0, 0.05) is 12.7 Å². The van der Waals surface area contributed by atoms with E-state index in [4.69, 9.17) is 16.3 Å². The van der Waals surface area contributed by atoms with Crippen molar-refractivity contribution in [3.05, 3.63) is 63.1 Å². The van der Waals surface area contributed by atoms with Crippen LogP contribution < -0.4 is 10.3 Å². The number of fused-ring (bicyclic) bond motifs is 1. The maximum atomic E-state index is 13.5. The number of carbonyl (C=O) groups excluding carboxylic acids is 1. The number of hydrogen-bond donors (Lipinski definition) is 5. The number of aromatic nitrogens is 1. The molecule has 11 heteroatoms. The summed E-state index contributed by atoms with van der Waals surface area (Å²) in [5.74, 6) is -9.71. The molecule has 0 unspecified atom stereocenters. The molecule has 166 valence electrons. The van der Waals surface area contributed by atoms with E-state index in [0.717, 1.165) is 4.57 Å². The van der Waals surface area contributed by atoms with Crippen molar-refractivity contribution in [3.63, 3.8) is 0 Å². The molecule has 0 saturated carbocycles. The number of allylic oxidation sites excluding steroid dienone is 3. The summed E-state index contributed by atoms with van der Waals surface area (Å²) in [6, 6.07) is 4.68. The average molecular weight is 453 g/mol. The van der Waals surface area contributed by atoms with E-state index in [1.54, 1.807) is 18.2 Å². The van der Waals surface area contributed by atoms with Crippen molar-refractivity contribution in [1.29, 1.82) is 0 Å². The van der Waals surface area contributed by atoms with Gasteiger partial charge in [-0.25, -0.2) is 4.90 Å². The molecule has 10 nitrogen and oxygen atoms in total. The van der Waals surface area contributed by atoms with Crippen molar-refractivity contribution >= 4 is 28.4 Å². The van der Waals surface area contributed by atoms with E-state index in [1.165, 1.54) is 32.4 Å². The van der Waals surface area contributed by atoms with Crippen LogP contribution in [0.25, 0.3) is 10.9 Å². The van der Waals surface area contributed by atoms with E-state index in [1.807, 2.05) is 0 Å². The summed E-state index contributed by atoms with van der Waals surface area (Å²) in [6.07, 6.45) is 5.25. The summed E-state index contributed by atoms with van der Waals surface area (Å²) in [5.41, 5.74) is -1.39. The van der Waals surface area contributed by atoms with Crippen LogP contribution in [0.1, 0.15) is 23.2 Å². The van der Waals surface area contributed by atoms with Gasteiger partial charge in [-0.2, -0.15) is 0 Å². The number of halogens is 1. The van der Waals surface area contributed by atoms with E-state index >= 15 is 0 Å². The van der Waals surface area contributed by atoms with Crippen LogP contribution in [0.4, 0.5) is 0 Å². The summed E-state index contributed by atoms with van der Waals surface area (Å²) < 4.78 is 6.41. The second kappa shape index (κ2) is 8.08. The highest BCUT2D eigenvalue weighted by atomic mass is 35.5. The lowest BCUT2D eigenvalue weighted by atomic mass is 10.1. The maximum absolute atomic E-state index is 13.5. The highest BCUT2D eigenvalue weighted by Gasteiger charge is 2.55. The van der Waals surface area contributed by atoms with Gasteiger partial charge in [-0.1, -0.05) is 29.8 Å². The molecule has 1 aliphatic rings. The first kappa shape index (κ1) is 22.9. The van der Waals surface area contributed by atoms with Crippen molar-refractivity contribution in [2.24, 2.45) is 7.05 Å². The summed E-state index contributed by atoms with van der Waals surface area (Å²) in [7, 11) is 2.57. The number of benzene rings is 1. The van der Waals surface area contributed by atoms with Gasteiger partial charge in [0.15, 0.2) is 0 Å². The smallest absolute Gasteiger partial charge is 0.355 e. The number of aliphatic hydroxyl groups is 5. The zero-order chi connectivity index (χ0) is 23.1. The van der Waals surface area contributed by atoms with E-state index in [0.29, 0.717) is 18.4 Å². The molecule has 1 aliphatic carbocycles. The Kier molecular flexibility index (Phi) is 5.98. The molecule has 0 fully saturated rings. The average Bonchev–Trinajstić information content (AvgIpc) is 2.70. The fraction of sp³-hybridized carbons (Fsp3) is 0.300. The molecule has 0 spiro atoms. The van der Waals surface area contributed by atoms with Crippen LogP contribution in [0.2, 0.25) is 5.02 Å². The van der Waals surface area contributed by atoms with Crippen LogP contribution in [0.5, 0.6) is 5.75 Å². The van der Waals surface area contributed by atoms with Crippen molar-refractivity contribution in [3.8, 4) is 5.75 Å². The van der Waals surface area contributed by atoms with Crippen LogP contribution in [0.15, 0.2) is 46.9 Å². The molecule has 1 heterocycles. The normalized spacial score (nSPS) is 14.5. The number of hydrogen-bond acceptors (Lipinski definition) is 8. The Morgan fingerprint density at radius 1 is 1.19 bits per heavy atom. The maximum Gasteiger partial charge on any atom is 0.355 e. The van der Waals surface area contributed by atoms with Crippen LogP contribution in [0.3, 0.4) is 0 Å². The van der Waals surface area contributed by atoms with Crippen molar-refractivity contribution < 1.29 is 35.1 Å². The zero-order valence-electron chi connectivity index (χ0n) is 16.6. The summed E-state index contributed by atoms with van der Waals surface area (Å²) in [6.45, 7) is 0. The van der Waals surface area contributed by atoms with Gasteiger partial charge in [0.1, 0.15) is 11.3 Å². The lowest BCUT2D eigenvalue weighted by Gasteiger charge is -2.40. The molecule has 1 amide bonds. The quantitative estimate of drug-likeness (QED) is 0.402. The minimum atomic E-state index is -4.15. The van der Waals surface area contributed by atoms with Crippen molar-refractivity contribution in [2.45, 2.75) is 24.7 Å². The number of amides is 1. The number of methoxy groups -OCH3 is 1. The lowest BCUT2D eigenvalue weighted by Crippen LogP contribution is -2.66. The van der Waals surface area contributed by atoms with Crippen LogP contribution in [-0.2, 0) is 7.05 Å². The van der Waals surface area contributed by atoms with Crippen LogP contribution in [0, 0.1) is 0 Å². The van der Waals surface area contributed by atoms with Gasteiger partial charge in [0.2, 0.25) is 0 Å². The molecule has 0 bridgehead atoms. The molecular weight excluding hydrogens is 432 g/mol. The monoisotopic (exact) mass is 452 g/mol. The predicted molar refractivity (Wildman–Crippen MR) is 110 cm³/mol. The Hall–Kier alpha value is -2.73. The van der Waals surface area contributed by atoms with Crippen molar-refractivity contribution in [1.82, 2.24) is 9.47 Å². The molecule has 3 rings (SSSR count). The van der Waals surface area contributed by atoms with Crippen LogP contribution >= 0.6 is 11.6 Å². The second-order valence-corrected chi connectivity index (χ2v) is 7.33. The fourth-order valence-corrected chi connectivity index (χ4v) is 3.63. The minimum absolute atomic E-state index is 0.102. The van der Waals surface area contributed by atoms with E-state index in [9.17, 15) is 35.1 Å².